The van der Waals surface area contributed by atoms with Gasteiger partial charge in [0.1, 0.15) is 0 Å². The Morgan fingerprint density at radius 3 is 1.20 bits per heavy atom. The first-order valence-electron chi connectivity index (χ1n) is 7.05. The summed E-state index contributed by atoms with van der Waals surface area (Å²) in [5.74, 6) is -16.6. The Balaban J connectivity index is 3.88. The van der Waals surface area contributed by atoms with Gasteiger partial charge in [-0.1, -0.05) is 0 Å². The Hall–Kier alpha value is -0.0994. The van der Waals surface area contributed by atoms with Crippen molar-refractivity contribution in [2.45, 2.75) is 62.1 Å². The zero-order chi connectivity index (χ0) is 19.8. The Kier molecular flexibility index (Phi) is 6.88. The summed E-state index contributed by atoms with van der Waals surface area (Å²) in [5, 5.41) is -5.12. The molecule has 1 aliphatic heterocycles. The number of alkyl halides is 9. The third-order valence-corrected chi connectivity index (χ3v) is 10.7. The van der Waals surface area contributed by atoms with E-state index in [1.54, 1.807) is 0 Å². The molecule has 0 spiro atoms. The van der Waals surface area contributed by atoms with Crippen molar-refractivity contribution in [2.24, 2.45) is 0 Å². The average Bonchev–Trinajstić information content (AvgIpc) is 2.47. The van der Waals surface area contributed by atoms with E-state index in [1.165, 1.54) is 0 Å². The molecule has 0 aliphatic carbocycles. The first kappa shape index (κ1) is 22.9. The zero-order valence-corrected chi connectivity index (χ0v) is 17.3. The van der Waals surface area contributed by atoms with Crippen molar-refractivity contribution >= 4 is 29.3 Å². The van der Waals surface area contributed by atoms with Crippen LogP contribution in [-0.4, -0.2) is 65.6 Å². The summed E-state index contributed by atoms with van der Waals surface area (Å²) < 4.78 is 142. The predicted octanol–water partition coefficient (Wildman–Crippen LogP) is 1.99. The summed E-state index contributed by atoms with van der Waals surface area (Å²) in [6, 6.07) is 0. The van der Waals surface area contributed by atoms with Gasteiger partial charge in [0.25, 0.3) is 37.8 Å². The summed E-state index contributed by atoms with van der Waals surface area (Å²) in [7, 11) is -9.36. The van der Waals surface area contributed by atoms with Crippen LogP contribution in [0.15, 0.2) is 0 Å². The van der Waals surface area contributed by atoms with Gasteiger partial charge >= 0.3 is 9.28 Å². The fourth-order valence-electron chi connectivity index (χ4n) is 2.63. The Morgan fingerprint density at radius 2 is 0.960 bits per heavy atom. The molecule has 0 aromatic heterocycles. The summed E-state index contributed by atoms with van der Waals surface area (Å²) >= 11 is 0. The van der Waals surface area contributed by atoms with E-state index in [4.69, 9.17) is 0 Å². The minimum Gasteiger partial charge on any atom is -0.425 e. The highest BCUT2D eigenvalue weighted by molar-refractivity contribution is 6.64. The summed E-state index contributed by atoms with van der Waals surface area (Å²) in [6.45, 7) is 0.153. The first-order chi connectivity index (χ1) is 11.2. The van der Waals surface area contributed by atoms with Crippen molar-refractivity contribution < 1.29 is 51.9 Å². The standard InChI is InChI=1S/C10H17F9O3Si3/c1-4(11)7(14,15)10(8(16,17)5(2)12,9(18,19)6(3)13)25-21-23-20-24-22-25/h4-6,25H,23-24H2,1-3H3. The second-order valence-corrected chi connectivity index (χ2v) is 11.9. The van der Waals surface area contributed by atoms with Gasteiger partial charge in [-0.2, -0.15) is 0 Å². The van der Waals surface area contributed by atoms with E-state index in [2.05, 4.69) is 12.3 Å². The Bertz CT molecular complexity index is 408. The first-order valence-corrected chi connectivity index (χ1v) is 10.9. The molecule has 0 aromatic carbocycles. The molecule has 25 heavy (non-hydrogen) atoms. The summed E-state index contributed by atoms with van der Waals surface area (Å²) in [5.41, 5.74) is 0. The van der Waals surface area contributed by atoms with Gasteiger partial charge < -0.3 is 12.3 Å². The lowest BCUT2D eigenvalue weighted by atomic mass is 9.80. The van der Waals surface area contributed by atoms with Crippen LogP contribution in [0, 0.1) is 0 Å². The molecule has 0 aromatic rings. The van der Waals surface area contributed by atoms with Gasteiger partial charge in [-0.25, -0.2) is 39.5 Å². The van der Waals surface area contributed by atoms with E-state index in [9.17, 15) is 39.5 Å². The topological polar surface area (TPSA) is 27.7 Å². The van der Waals surface area contributed by atoms with Crippen molar-refractivity contribution in [2.75, 3.05) is 0 Å². The van der Waals surface area contributed by atoms with Crippen LogP contribution >= 0.6 is 0 Å². The molecule has 0 radical (unpaired) electrons. The van der Waals surface area contributed by atoms with E-state index in [-0.39, 0.29) is 20.8 Å². The molecule has 1 heterocycles. The number of halogens is 9. The minimum atomic E-state index is -5.54. The van der Waals surface area contributed by atoms with Crippen LogP contribution in [0.1, 0.15) is 20.8 Å². The van der Waals surface area contributed by atoms with Gasteiger partial charge in [-0.05, 0) is 20.8 Å². The summed E-state index contributed by atoms with van der Waals surface area (Å²) in [4.78, 5) is 0. The van der Waals surface area contributed by atoms with Crippen LogP contribution in [0.3, 0.4) is 0 Å². The lowest BCUT2D eigenvalue weighted by Crippen LogP contribution is -2.73. The van der Waals surface area contributed by atoms with Crippen LogP contribution in [0.2, 0.25) is 5.04 Å². The lowest BCUT2D eigenvalue weighted by molar-refractivity contribution is -0.293. The van der Waals surface area contributed by atoms with Crippen molar-refractivity contribution in [3.8, 4) is 0 Å². The van der Waals surface area contributed by atoms with E-state index in [1.807, 2.05) is 0 Å². The van der Waals surface area contributed by atoms with Gasteiger partial charge in [0.05, 0.1) is 0 Å². The van der Waals surface area contributed by atoms with Gasteiger partial charge in [-0.3, -0.25) is 0 Å². The quantitative estimate of drug-likeness (QED) is 0.448. The van der Waals surface area contributed by atoms with E-state index in [0.717, 1.165) is 0 Å². The molecule has 3 unspecified atom stereocenters. The van der Waals surface area contributed by atoms with Gasteiger partial charge in [0, 0.05) is 0 Å². The molecule has 0 amide bonds. The van der Waals surface area contributed by atoms with Gasteiger partial charge in [0.15, 0.2) is 18.5 Å². The number of hydrogen-bond donors (Lipinski definition) is 0. The zero-order valence-electron chi connectivity index (χ0n) is 13.4. The maximum atomic E-state index is 14.6. The minimum absolute atomic E-state index is 0.0509. The largest absolute Gasteiger partial charge is 0.425 e. The monoisotopic (exact) mass is 440 g/mol. The molecule has 15 heteroatoms. The predicted molar refractivity (Wildman–Crippen MR) is 76.7 cm³/mol. The highest BCUT2D eigenvalue weighted by atomic mass is 28.4. The lowest BCUT2D eigenvalue weighted by Gasteiger charge is -2.53. The average molecular weight is 440 g/mol. The third kappa shape index (κ3) is 3.30. The molecule has 1 fully saturated rings. The molecule has 1 saturated heterocycles. The highest BCUT2D eigenvalue weighted by Gasteiger charge is 2.88. The second kappa shape index (κ2) is 7.49. The van der Waals surface area contributed by atoms with E-state index in [0.29, 0.717) is 0 Å². The normalized spacial score (nSPS) is 28.6. The molecule has 0 bridgehead atoms. The molecule has 3 nitrogen and oxygen atoms in total. The molecule has 0 N–H and O–H groups in total. The maximum Gasteiger partial charge on any atom is 0.329 e. The maximum absolute atomic E-state index is 14.6. The fourth-order valence-corrected chi connectivity index (χ4v) is 11.3. The molecule has 1 aliphatic rings. The Morgan fingerprint density at radius 1 is 0.680 bits per heavy atom. The van der Waals surface area contributed by atoms with Gasteiger partial charge in [-0.15, -0.1) is 0 Å². The van der Waals surface area contributed by atoms with Crippen LogP contribution in [0.25, 0.3) is 0 Å². The molecular weight excluding hydrogens is 423 g/mol. The Labute approximate surface area is 144 Å². The van der Waals surface area contributed by atoms with Gasteiger partial charge in [0.2, 0.25) is 5.04 Å². The van der Waals surface area contributed by atoms with Crippen molar-refractivity contribution in [1.29, 1.82) is 0 Å². The second-order valence-electron chi connectivity index (χ2n) is 5.63. The smallest absolute Gasteiger partial charge is 0.329 e. The van der Waals surface area contributed by atoms with Crippen LogP contribution in [0.5, 0.6) is 0 Å². The molecule has 1 rings (SSSR count). The molecule has 150 valence electrons. The van der Waals surface area contributed by atoms with Crippen LogP contribution in [0.4, 0.5) is 39.5 Å². The molecule has 0 saturated carbocycles. The summed E-state index contributed by atoms with van der Waals surface area (Å²) in [6.07, 6.45) is -10.7. The van der Waals surface area contributed by atoms with E-state index < -0.39 is 70.6 Å². The van der Waals surface area contributed by atoms with Crippen molar-refractivity contribution in [3.63, 3.8) is 0 Å². The SMILES string of the molecule is CC(F)C(F)(F)C([SiH]1O[SiH2]O[SiH2]O1)(C(F)(F)C(C)F)C(F)(F)C(C)F. The van der Waals surface area contributed by atoms with E-state index >= 15 is 0 Å². The molecule has 3 atom stereocenters. The van der Waals surface area contributed by atoms with Crippen LogP contribution < -0.4 is 0 Å². The highest BCUT2D eigenvalue weighted by Crippen LogP contribution is 2.69. The number of rotatable bonds is 7. The third-order valence-electron chi connectivity index (χ3n) is 4.04. The molecular formula is C10H17F9O3Si3. The number of hydrogen-bond acceptors (Lipinski definition) is 3. The van der Waals surface area contributed by atoms with Crippen molar-refractivity contribution in [1.82, 2.24) is 0 Å². The fraction of sp³-hybridized carbons (Fsp3) is 1.00. The van der Waals surface area contributed by atoms with Crippen molar-refractivity contribution in [3.05, 3.63) is 0 Å². The van der Waals surface area contributed by atoms with Crippen LogP contribution in [-0.2, 0) is 12.3 Å².